The van der Waals surface area contributed by atoms with Crippen LogP contribution in [-0.2, 0) is 4.79 Å². The molecule has 39 heavy (non-hydrogen) atoms. The van der Waals surface area contributed by atoms with Crippen molar-refractivity contribution in [3.63, 3.8) is 0 Å². The van der Waals surface area contributed by atoms with Crippen LogP contribution in [0.25, 0.3) is 10.2 Å². The number of ketones is 1. The number of thiophene rings is 1. The first kappa shape index (κ1) is 26.5. The maximum absolute atomic E-state index is 12.8. The molecule has 0 bridgehead atoms. The average Bonchev–Trinajstić information content (AvgIpc) is 3.43. The van der Waals surface area contributed by atoms with Gasteiger partial charge in [0.2, 0.25) is 17.7 Å². The van der Waals surface area contributed by atoms with Crippen LogP contribution in [0.3, 0.4) is 0 Å². The molecule has 1 saturated heterocycles. The van der Waals surface area contributed by atoms with E-state index in [0.29, 0.717) is 35.4 Å². The van der Waals surface area contributed by atoms with E-state index in [0.717, 1.165) is 48.6 Å². The maximum Gasteiger partial charge on any atom is 0.247 e. The molecule has 0 aliphatic carbocycles. The van der Waals surface area contributed by atoms with Gasteiger partial charge in [0.1, 0.15) is 10.4 Å². The third kappa shape index (κ3) is 6.66. The molecule has 1 aliphatic heterocycles. The number of carbonyl (C=O) groups excluding carboxylic acids is 2. The smallest absolute Gasteiger partial charge is 0.247 e. The molecule has 1 amide bonds. The highest BCUT2D eigenvalue weighted by Gasteiger charge is 2.19. The lowest BCUT2D eigenvalue weighted by Gasteiger charge is -2.33. The van der Waals surface area contributed by atoms with Crippen molar-refractivity contribution in [3.8, 4) is 11.6 Å². The highest BCUT2D eigenvalue weighted by molar-refractivity contribution is 7.17. The van der Waals surface area contributed by atoms with Gasteiger partial charge in [0.05, 0.1) is 12.1 Å². The van der Waals surface area contributed by atoms with Crippen molar-refractivity contribution < 1.29 is 14.3 Å². The monoisotopic (exact) mass is 542 g/mol. The van der Waals surface area contributed by atoms with Crippen molar-refractivity contribution in [2.75, 3.05) is 49.9 Å². The number of ether oxygens (including phenoxy) is 1. The molecule has 2 aromatic heterocycles. The Morgan fingerprint density at radius 2 is 1.79 bits per heavy atom. The van der Waals surface area contributed by atoms with Gasteiger partial charge in [-0.3, -0.25) is 14.5 Å². The molecule has 1 fully saturated rings. The van der Waals surface area contributed by atoms with Gasteiger partial charge >= 0.3 is 0 Å². The molecule has 5 rings (SSSR count). The van der Waals surface area contributed by atoms with E-state index in [1.54, 1.807) is 24.3 Å². The van der Waals surface area contributed by atoms with Crippen molar-refractivity contribution >= 4 is 50.6 Å². The van der Waals surface area contributed by atoms with E-state index in [2.05, 4.69) is 43.9 Å². The molecule has 0 spiro atoms. The quantitative estimate of drug-likeness (QED) is 0.209. The number of benzene rings is 2. The Bertz CT molecular complexity index is 1480. The molecule has 1 aliphatic rings. The zero-order valence-corrected chi connectivity index (χ0v) is 22.5. The van der Waals surface area contributed by atoms with Gasteiger partial charge in [-0.05, 0) is 60.5 Å². The zero-order valence-electron chi connectivity index (χ0n) is 21.7. The predicted octanol–water partition coefficient (Wildman–Crippen LogP) is 5.17. The maximum atomic E-state index is 12.8. The summed E-state index contributed by atoms with van der Waals surface area (Å²) in [6.45, 7) is 11.0. The van der Waals surface area contributed by atoms with Gasteiger partial charge in [-0.2, -0.15) is 4.98 Å². The summed E-state index contributed by atoms with van der Waals surface area (Å²) in [5.41, 5.74) is 2.78. The fraction of sp³-hybridized carbons (Fsp3) is 0.241. The normalized spacial score (nSPS) is 14.2. The number of Topliss-reactive ketones (excluding diaryl/α,β-unsaturated/α-hetero) is 1. The number of aromatic nitrogens is 2. The lowest BCUT2D eigenvalue weighted by atomic mass is 10.1. The van der Waals surface area contributed by atoms with Gasteiger partial charge in [0.15, 0.2) is 5.78 Å². The number of nitrogens with zero attached hydrogens (tertiary/aromatic N) is 4. The molecule has 4 aromatic rings. The Kier molecular flexibility index (Phi) is 8.26. The molecule has 2 aromatic carbocycles. The molecule has 0 atom stereocenters. The molecule has 3 heterocycles. The van der Waals surface area contributed by atoms with Crippen LogP contribution in [0.1, 0.15) is 17.3 Å². The number of amides is 1. The lowest BCUT2D eigenvalue weighted by Crippen LogP contribution is -2.47. The Hall–Kier alpha value is -4.12. The summed E-state index contributed by atoms with van der Waals surface area (Å²) in [5.74, 6) is 1.11. The first-order valence-corrected chi connectivity index (χ1v) is 13.7. The second-order valence-electron chi connectivity index (χ2n) is 9.15. The van der Waals surface area contributed by atoms with Gasteiger partial charge in [0.25, 0.3) is 0 Å². The van der Waals surface area contributed by atoms with E-state index in [1.165, 1.54) is 17.4 Å². The van der Waals surface area contributed by atoms with Crippen molar-refractivity contribution in [1.82, 2.24) is 19.8 Å². The predicted molar refractivity (Wildman–Crippen MR) is 155 cm³/mol. The van der Waals surface area contributed by atoms with Gasteiger partial charge in [-0.15, -0.1) is 11.3 Å². The number of likely N-dealkylation sites (N-methyl/N-ethyl adjacent to an activating group) is 1. The third-order valence-corrected chi connectivity index (χ3v) is 7.41. The highest BCUT2D eigenvalue weighted by Crippen LogP contribution is 2.33. The summed E-state index contributed by atoms with van der Waals surface area (Å²) in [6.07, 6.45) is 1.21. The molecule has 2 N–H and O–H groups in total. The number of rotatable bonds is 10. The number of fused-ring (bicyclic) bond motifs is 1. The molecule has 10 heteroatoms. The zero-order chi connectivity index (χ0) is 27.2. The van der Waals surface area contributed by atoms with Crippen LogP contribution in [0.5, 0.6) is 11.6 Å². The molecular weight excluding hydrogens is 512 g/mol. The Morgan fingerprint density at radius 1 is 1.03 bits per heavy atom. The van der Waals surface area contributed by atoms with Gasteiger partial charge in [-0.1, -0.05) is 19.6 Å². The first-order valence-electron chi connectivity index (χ1n) is 12.8. The second kappa shape index (κ2) is 12.2. The number of nitrogens with one attached hydrogen (secondary N) is 2. The van der Waals surface area contributed by atoms with E-state index in [-0.39, 0.29) is 11.7 Å². The van der Waals surface area contributed by atoms with Crippen LogP contribution >= 0.6 is 11.3 Å². The number of anilines is 3. The number of hydrogen-bond donors (Lipinski definition) is 2. The fourth-order valence-electron chi connectivity index (χ4n) is 4.33. The summed E-state index contributed by atoms with van der Waals surface area (Å²) >= 11 is 1.48. The number of hydrogen-bond acceptors (Lipinski definition) is 9. The Morgan fingerprint density at radius 3 is 2.54 bits per heavy atom. The van der Waals surface area contributed by atoms with E-state index in [4.69, 9.17) is 4.74 Å². The first-order chi connectivity index (χ1) is 19.0. The number of carbonyl (C=O) groups is 2. The largest absolute Gasteiger partial charge is 0.437 e. The Balaban J connectivity index is 1.27. The van der Waals surface area contributed by atoms with E-state index >= 15 is 0 Å². The molecule has 0 radical (unpaired) electrons. The summed E-state index contributed by atoms with van der Waals surface area (Å²) < 4.78 is 6.92. The molecule has 0 saturated carbocycles. The van der Waals surface area contributed by atoms with Crippen LogP contribution in [-0.4, -0.2) is 70.7 Å². The van der Waals surface area contributed by atoms with Crippen LogP contribution in [0.4, 0.5) is 17.3 Å². The standard InChI is InChI=1S/C29H30N6O3S/c1-3-26(37)30-22-6-5-7-23(18-22)38-28-27-24(12-17-39-27)32-29(33-28)31-21-10-8-20(9-11-21)25(36)19-35-15-13-34(4-2)14-16-35/h3,5-12,17-18H,1,4,13-16,19H2,2H3,(H,30,37)(H,31,32,33). The van der Waals surface area contributed by atoms with Gasteiger partial charge < -0.3 is 20.3 Å². The van der Waals surface area contributed by atoms with E-state index in [9.17, 15) is 9.59 Å². The molecule has 200 valence electrons. The van der Waals surface area contributed by atoms with E-state index in [1.807, 2.05) is 35.7 Å². The number of piperazine rings is 1. The summed E-state index contributed by atoms with van der Waals surface area (Å²) in [5, 5.41) is 7.88. The minimum Gasteiger partial charge on any atom is -0.437 e. The minimum atomic E-state index is -0.302. The van der Waals surface area contributed by atoms with Crippen molar-refractivity contribution in [1.29, 1.82) is 0 Å². The Labute approximate surface area is 231 Å². The summed E-state index contributed by atoms with van der Waals surface area (Å²) in [7, 11) is 0. The third-order valence-electron chi connectivity index (χ3n) is 6.52. The average molecular weight is 543 g/mol. The van der Waals surface area contributed by atoms with Crippen LogP contribution in [0, 0.1) is 0 Å². The van der Waals surface area contributed by atoms with Crippen LogP contribution < -0.4 is 15.4 Å². The summed E-state index contributed by atoms with van der Waals surface area (Å²) in [4.78, 5) is 38.3. The lowest BCUT2D eigenvalue weighted by molar-refractivity contribution is -0.111. The van der Waals surface area contributed by atoms with Crippen LogP contribution in [0.2, 0.25) is 0 Å². The SMILES string of the molecule is C=CC(=O)Nc1cccc(Oc2nc(Nc3ccc(C(=O)CN4CCN(CC)CC4)cc3)nc3ccsc23)c1. The van der Waals surface area contributed by atoms with E-state index < -0.39 is 0 Å². The molecule has 9 nitrogen and oxygen atoms in total. The molecule has 0 unspecified atom stereocenters. The molecular formula is C29H30N6O3S. The van der Waals surface area contributed by atoms with Gasteiger partial charge in [-0.25, -0.2) is 4.98 Å². The summed E-state index contributed by atoms with van der Waals surface area (Å²) in [6, 6.07) is 16.3. The minimum absolute atomic E-state index is 0.115. The van der Waals surface area contributed by atoms with Crippen molar-refractivity contribution in [2.45, 2.75) is 6.92 Å². The highest BCUT2D eigenvalue weighted by atomic mass is 32.1. The van der Waals surface area contributed by atoms with Crippen LogP contribution in [0.15, 0.2) is 72.6 Å². The van der Waals surface area contributed by atoms with Crippen molar-refractivity contribution in [3.05, 3.63) is 78.2 Å². The van der Waals surface area contributed by atoms with Gasteiger partial charge in [0, 0.05) is 49.2 Å². The topological polar surface area (TPSA) is 99.7 Å². The van der Waals surface area contributed by atoms with Crippen molar-refractivity contribution in [2.24, 2.45) is 0 Å². The fourth-order valence-corrected chi connectivity index (χ4v) is 5.09. The second-order valence-corrected chi connectivity index (χ2v) is 10.1.